The van der Waals surface area contributed by atoms with Crippen molar-refractivity contribution in [2.45, 2.75) is 11.3 Å². The molecule has 1 saturated heterocycles. The average molecular weight is 533 g/mol. The molecule has 0 unspecified atom stereocenters. The summed E-state index contributed by atoms with van der Waals surface area (Å²) in [6.45, 7) is 3.88. The standard InChI is InChI=1S/C24H23F3N6O3S/c1-31-11-13-32(14-12-31)19-7-5-18(6-8-19)29-23-28-16-17-9-10-33(22(17)30-23)37(34,35)21-4-2-3-20(15-21)36-24(25,26)27/h2-10,15-16H,11-14H2,1H3,(H,28,29,30). The van der Waals surface area contributed by atoms with Crippen LogP contribution in [0.1, 0.15) is 0 Å². The summed E-state index contributed by atoms with van der Waals surface area (Å²) in [7, 11) is -2.17. The first-order valence-electron chi connectivity index (χ1n) is 11.3. The number of anilines is 3. The number of fused-ring (bicyclic) bond motifs is 1. The normalized spacial score (nSPS) is 15.2. The Hall–Kier alpha value is -3.84. The Balaban J connectivity index is 1.39. The van der Waals surface area contributed by atoms with Gasteiger partial charge in [-0.2, -0.15) is 4.98 Å². The quantitative estimate of drug-likeness (QED) is 0.398. The van der Waals surface area contributed by atoms with E-state index in [1.807, 2.05) is 24.3 Å². The smallest absolute Gasteiger partial charge is 0.406 e. The minimum Gasteiger partial charge on any atom is -0.406 e. The molecule has 1 N–H and O–H groups in total. The summed E-state index contributed by atoms with van der Waals surface area (Å²) in [4.78, 5) is 12.8. The van der Waals surface area contributed by atoms with Crippen molar-refractivity contribution in [1.29, 1.82) is 0 Å². The van der Waals surface area contributed by atoms with Crippen LogP contribution >= 0.6 is 0 Å². The van der Waals surface area contributed by atoms with Crippen molar-refractivity contribution in [1.82, 2.24) is 18.8 Å². The number of alkyl halides is 3. The third-order valence-corrected chi connectivity index (χ3v) is 7.64. The van der Waals surface area contributed by atoms with Gasteiger partial charge in [0, 0.05) is 61.4 Å². The number of rotatable bonds is 6. The average Bonchev–Trinajstić information content (AvgIpc) is 3.28. The van der Waals surface area contributed by atoms with Crippen LogP contribution in [0.5, 0.6) is 5.75 Å². The highest BCUT2D eigenvalue weighted by atomic mass is 32.2. The molecule has 0 aliphatic carbocycles. The van der Waals surface area contributed by atoms with E-state index in [0.29, 0.717) is 5.39 Å². The number of nitrogens with one attached hydrogen (secondary N) is 1. The van der Waals surface area contributed by atoms with E-state index in [1.165, 1.54) is 30.6 Å². The van der Waals surface area contributed by atoms with Crippen LogP contribution < -0.4 is 15.0 Å². The highest BCUT2D eigenvalue weighted by Gasteiger charge is 2.32. The second kappa shape index (κ2) is 9.56. The lowest BCUT2D eigenvalue weighted by Gasteiger charge is -2.34. The maximum atomic E-state index is 13.2. The third-order valence-electron chi connectivity index (χ3n) is 5.98. The van der Waals surface area contributed by atoms with Crippen LogP contribution in [0.2, 0.25) is 0 Å². The lowest BCUT2D eigenvalue weighted by atomic mass is 10.2. The molecule has 13 heteroatoms. The Morgan fingerprint density at radius 2 is 1.73 bits per heavy atom. The largest absolute Gasteiger partial charge is 0.573 e. The van der Waals surface area contributed by atoms with Gasteiger partial charge in [0.15, 0.2) is 5.65 Å². The van der Waals surface area contributed by atoms with Crippen molar-refractivity contribution < 1.29 is 26.3 Å². The summed E-state index contributed by atoms with van der Waals surface area (Å²) in [5.74, 6) is -0.466. The van der Waals surface area contributed by atoms with Crippen molar-refractivity contribution in [3.63, 3.8) is 0 Å². The molecule has 2 aromatic heterocycles. The number of likely N-dealkylation sites (N-methyl/N-ethyl adjacent to an activating group) is 1. The molecule has 37 heavy (non-hydrogen) atoms. The van der Waals surface area contributed by atoms with Crippen LogP contribution in [0, 0.1) is 0 Å². The van der Waals surface area contributed by atoms with Gasteiger partial charge in [-0.1, -0.05) is 6.07 Å². The first-order valence-corrected chi connectivity index (χ1v) is 12.8. The van der Waals surface area contributed by atoms with Gasteiger partial charge < -0.3 is 19.9 Å². The lowest BCUT2D eigenvalue weighted by Crippen LogP contribution is -2.44. The van der Waals surface area contributed by atoms with E-state index >= 15 is 0 Å². The zero-order valence-electron chi connectivity index (χ0n) is 19.7. The van der Waals surface area contributed by atoms with Crippen LogP contribution in [0.15, 0.2) is 71.9 Å². The first kappa shape index (κ1) is 24.8. The zero-order chi connectivity index (χ0) is 26.2. The highest BCUT2D eigenvalue weighted by Crippen LogP contribution is 2.28. The van der Waals surface area contributed by atoms with Crippen LogP contribution in [-0.2, 0) is 10.0 Å². The molecular formula is C24H23F3N6O3S. The molecule has 1 fully saturated rings. The summed E-state index contributed by atoms with van der Waals surface area (Å²) < 4.78 is 69.1. The van der Waals surface area contributed by atoms with Crippen molar-refractivity contribution in [2.75, 3.05) is 43.4 Å². The van der Waals surface area contributed by atoms with Crippen molar-refractivity contribution in [3.05, 3.63) is 67.0 Å². The van der Waals surface area contributed by atoms with Crippen molar-refractivity contribution in [2.24, 2.45) is 0 Å². The number of hydrogen-bond acceptors (Lipinski definition) is 8. The van der Waals surface area contributed by atoms with E-state index in [1.54, 1.807) is 0 Å². The lowest BCUT2D eigenvalue weighted by molar-refractivity contribution is -0.274. The van der Waals surface area contributed by atoms with Crippen molar-refractivity contribution >= 4 is 38.4 Å². The molecule has 0 spiro atoms. The fraction of sp³-hybridized carbons (Fsp3) is 0.250. The van der Waals surface area contributed by atoms with E-state index in [9.17, 15) is 21.6 Å². The Morgan fingerprint density at radius 1 is 1.00 bits per heavy atom. The molecule has 1 aliphatic rings. The monoisotopic (exact) mass is 532 g/mol. The fourth-order valence-corrected chi connectivity index (χ4v) is 5.38. The molecular weight excluding hydrogens is 509 g/mol. The SMILES string of the molecule is CN1CCN(c2ccc(Nc3ncc4ccn(S(=O)(=O)c5cccc(OC(F)(F)F)c5)c4n3)cc2)CC1. The Labute approximate surface area is 211 Å². The Morgan fingerprint density at radius 3 is 2.43 bits per heavy atom. The highest BCUT2D eigenvalue weighted by molar-refractivity contribution is 7.90. The predicted molar refractivity (Wildman–Crippen MR) is 133 cm³/mol. The zero-order valence-corrected chi connectivity index (χ0v) is 20.5. The number of piperazine rings is 1. The van der Waals surface area contributed by atoms with E-state index in [2.05, 4.69) is 36.9 Å². The second-order valence-corrected chi connectivity index (χ2v) is 10.4. The number of hydrogen-bond donors (Lipinski definition) is 1. The number of aromatic nitrogens is 3. The molecule has 0 bridgehead atoms. The summed E-state index contributed by atoms with van der Waals surface area (Å²) in [5.41, 5.74) is 1.90. The molecule has 2 aromatic carbocycles. The number of benzene rings is 2. The third kappa shape index (κ3) is 5.47. The molecule has 0 saturated carbocycles. The van der Waals surface area contributed by atoms with E-state index in [0.717, 1.165) is 53.7 Å². The summed E-state index contributed by atoms with van der Waals surface area (Å²) in [5, 5.41) is 3.52. The molecule has 3 heterocycles. The van der Waals surface area contributed by atoms with Crippen LogP contribution in [0.3, 0.4) is 0 Å². The van der Waals surface area contributed by atoms with Gasteiger partial charge in [0.2, 0.25) is 5.95 Å². The minimum atomic E-state index is -4.95. The maximum Gasteiger partial charge on any atom is 0.573 e. The molecule has 0 radical (unpaired) electrons. The summed E-state index contributed by atoms with van der Waals surface area (Å²) in [6.07, 6.45) is -2.20. The van der Waals surface area contributed by atoms with E-state index in [4.69, 9.17) is 0 Å². The molecule has 0 atom stereocenters. The maximum absolute atomic E-state index is 13.2. The van der Waals surface area contributed by atoms with Gasteiger partial charge >= 0.3 is 6.36 Å². The van der Waals surface area contributed by atoms with Crippen LogP contribution in [-0.4, -0.2) is 66.8 Å². The van der Waals surface area contributed by atoms with Crippen LogP contribution in [0.25, 0.3) is 11.0 Å². The number of ether oxygens (including phenoxy) is 1. The number of halogens is 3. The fourth-order valence-electron chi connectivity index (χ4n) is 4.04. The van der Waals surface area contributed by atoms with Crippen molar-refractivity contribution in [3.8, 4) is 5.75 Å². The predicted octanol–water partition coefficient (Wildman–Crippen LogP) is 4.06. The van der Waals surface area contributed by atoms with Gasteiger partial charge in [-0.25, -0.2) is 17.4 Å². The van der Waals surface area contributed by atoms with Gasteiger partial charge in [-0.3, -0.25) is 0 Å². The number of nitrogens with zero attached hydrogens (tertiary/aromatic N) is 5. The molecule has 0 amide bonds. The van der Waals surface area contributed by atoms with E-state index < -0.39 is 22.1 Å². The molecule has 194 valence electrons. The molecule has 9 nitrogen and oxygen atoms in total. The van der Waals surface area contributed by atoms with Gasteiger partial charge in [-0.05, 0) is 49.5 Å². The van der Waals surface area contributed by atoms with Gasteiger partial charge in [-0.15, -0.1) is 13.2 Å². The Kier molecular flexibility index (Phi) is 6.42. The van der Waals surface area contributed by atoms with Crippen LogP contribution in [0.4, 0.5) is 30.5 Å². The molecule has 5 rings (SSSR count). The molecule has 1 aliphatic heterocycles. The first-order chi connectivity index (χ1) is 17.6. The molecule has 4 aromatic rings. The van der Waals surface area contributed by atoms with Gasteiger partial charge in [0.05, 0.1) is 4.90 Å². The summed E-state index contributed by atoms with van der Waals surface area (Å²) in [6, 6.07) is 13.5. The second-order valence-electron chi connectivity index (χ2n) is 8.57. The Bertz CT molecular complexity index is 1520. The minimum absolute atomic E-state index is 0.0775. The topological polar surface area (TPSA) is 92.6 Å². The summed E-state index contributed by atoms with van der Waals surface area (Å²) >= 11 is 0. The van der Waals surface area contributed by atoms with E-state index in [-0.39, 0.29) is 16.5 Å². The van der Waals surface area contributed by atoms with Gasteiger partial charge in [0.1, 0.15) is 5.75 Å². The van der Waals surface area contributed by atoms with Gasteiger partial charge in [0.25, 0.3) is 10.0 Å².